The highest BCUT2D eigenvalue weighted by atomic mass is 32.2. The molecule has 1 aromatic heterocycles. The van der Waals surface area contributed by atoms with Gasteiger partial charge in [0.05, 0.1) is 11.8 Å². The van der Waals surface area contributed by atoms with Gasteiger partial charge in [-0.05, 0) is 29.9 Å². The predicted octanol–water partition coefficient (Wildman–Crippen LogP) is 4.70. The Bertz CT molecular complexity index is 698. The lowest BCUT2D eigenvalue weighted by Crippen LogP contribution is -2.33. The number of rotatable bonds is 9. The summed E-state index contributed by atoms with van der Waals surface area (Å²) < 4.78 is 0.804. The van der Waals surface area contributed by atoms with Gasteiger partial charge in [0, 0.05) is 6.54 Å². The van der Waals surface area contributed by atoms with E-state index in [2.05, 4.69) is 72.8 Å². The van der Waals surface area contributed by atoms with E-state index in [9.17, 15) is 4.79 Å². The topological polar surface area (TPSA) is 66.9 Å². The second-order valence-corrected chi connectivity index (χ2v) is 9.00. The zero-order chi connectivity index (χ0) is 19.1. The van der Waals surface area contributed by atoms with E-state index in [1.54, 1.807) is 0 Å². The summed E-state index contributed by atoms with van der Waals surface area (Å²) in [5, 5.41) is 15.2. The van der Waals surface area contributed by atoms with Crippen molar-refractivity contribution in [3.05, 3.63) is 35.4 Å². The van der Waals surface area contributed by atoms with Crippen molar-refractivity contribution < 1.29 is 4.79 Å². The second kappa shape index (κ2) is 9.92. The van der Waals surface area contributed by atoms with Gasteiger partial charge in [-0.15, -0.1) is 10.2 Å². The Morgan fingerprint density at radius 2 is 1.77 bits per heavy atom. The van der Waals surface area contributed by atoms with Crippen molar-refractivity contribution in [2.45, 2.75) is 50.9 Å². The number of thioether (sulfide) groups is 1. The molecule has 0 spiro atoms. The van der Waals surface area contributed by atoms with E-state index in [4.69, 9.17) is 0 Å². The second-order valence-electron chi connectivity index (χ2n) is 6.80. The summed E-state index contributed by atoms with van der Waals surface area (Å²) in [7, 11) is 0. The molecule has 1 amide bonds. The van der Waals surface area contributed by atoms with Crippen LogP contribution in [0.25, 0.3) is 0 Å². The van der Waals surface area contributed by atoms with Gasteiger partial charge < -0.3 is 10.6 Å². The van der Waals surface area contributed by atoms with E-state index in [-0.39, 0.29) is 11.9 Å². The highest BCUT2D eigenvalue weighted by molar-refractivity contribution is 8.01. The van der Waals surface area contributed by atoms with Crippen molar-refractivity contribution in [2.24, 2.45) is 5.92 Å². The number of nitrogens with zero attached hydrogens (tertiary/aromatic N) is 2. The molecule has 1 atom stereocenters. The SMILES string of the molecule is CCNc1nnc(SCC(=O)N[C@@H](c2ccc(C(C)C)cc2)C(C)C)s1. The molecule has 2 rings (SSSR count). The Hall–Kier alpha value is -1.60. The molecule has 1 aromatic carbocycles. The summed E-state index contributed by atoms with van der Waals surface area (Å²) in [6.45, 7) is 11.4. The maximum absolute atomic E-state index is 12.4. The summed E-state index contributed by atoms with van der Waals surface area (Å²) >= 11 is 2.90. The van der Waals surface area contributed by atoms with E-state index in [1.807, 2.05) is 6.92 Å². The van der Waals surface area contributed by atoms with Crippen LogP contribution in [0, 0.1) is 5.92 Å². The number of benzene rings is 1. The van der Waals surface area contributed by atoms with Gasteiger partial charge in [0.25, 0.3) is 0 Å². The average molecular weight is 393 g/mol. The standard InChI is InChI=1S/C19H28N4OS2/c1-6-20-18-22-23-19(26-18)25-11-16(24)21-17(13(4)5)15-9-7-14(8-10-15)12(2)3/h7-10,12-13,17H,6,11H2,1-5H3,(H,20,22)(H,21,24)/t17-/m1/s1. The fraction of sp³-hybridized carbons (Fsp3) is 0.526. The molecule has 0 unspecified atom stereocenters. The van der Waals surface area contributed by atoms with Gasteiger partial charge in [0.2, 0.25) is 11.0 Å². The third kappa shape index (κ3) is 5.99. The maximum Gasteiger partial charge on any atom is 0.230 e. The fourth-order valence-electron chi connectivity index (χ4n) is 2.56. The van der Waals surface area contributed by atoms with E-state index in [0.717, 1.165) is 21.6 Å². The lowest BCUT2D eigenvalue weighted by molar-refractivity contribution is -0.119. The molecule has 2 N–H and O–H groups in total. The molecule has 0 aliphatic rings. The number of carbonyl (C=O) groups is 1. The molecule has 1 heterocycles. The number of carbonyl (C=O) groups excluding carboxylic acids is 1. The number of amides is 1. The molecule has 7 heteroatoms. The van der Waals surface area contributed by atoms with E-state index >= 15 is 0 Å². The zero-order valence-electron chi connectivity index (χ0n) is 16.1. The predicted molar refractivity (Wildman–Crippen MR) is 111 cm³/mol. The van der Waals surface area contributed by atoms with Gasteiger partial charge in [-0.25, -0.2) is 0 Å². The number of hydrogen-bond acceptors (Lipinski definition) is 6. The van der Waals surface area contributed by atoms with Crippen LogP contribution in [-0.2, 0) is 4.79 Å². The summed E-state index contributed by atoms with van der Waals surface area (Å²) in [5.74, 6) is 1.18. The maximum atomic E-state index is 12.4. The highest BCUT2D eigenvalue weighted by Crippen LogP contribution is 2.27. The van der Waals surface area contributed by atoms with Crippen LogP contribution in [0.15, 0.2) is 28.6 Å². The molecule has 0 saturated carbocycles. The van der Waals surface area contributed by atoms with Gasteiger partial charge >= 0.3 is 0 Å². The van der Waals surface area contributed by atoms with Gasteiger partial charge in [-0.2, -0.15) is 0 Å². The molecule has 142 valence electrons. The molecular formula is C19H28N4OS2. The first-order chi connectivity index (χ1) is 12.4. The molecule has 5 nitrogen and oxygen atoms in total. The van der Waals surface area contributed by atoms with Crippen LogP contribution >= 0.6 is 23.1 Å². The number of nitrogens with one attached hydrogen (secondary N) is 2. The van der Waals surface area contributed by atoms with Gasteiger partial charge in [0.1, 0.15) is 0 Å². The van der Waals surface area contributed by atoms with E-state index in [0.29, 0.717) is 17.6 Å². The Morgan fingerprint density at radius 1 is 1.12 bits per heavy atom. The molecule has 0 radical (unpaired) electrons. The van der Waals surface area contributed by atoms with Crippen molar-refractivity contribution in [3.63, 3.8) is 0 Å². The quantitative estimate of drug-likeness (QED) is 0.606. The van der Waals surface area contributed by atoms with Crippen LogP contribution in [-0.4, -0.2) is 28.4 Å². The molecule has 0 aliphatic heterocycles. The van der Waals surface area contributed by atoms with Crippen LogP contribution in [0.1, 0.15) is 57.7 Å². The van der Waals surface area contributed by atoms with Gasteiger partial charge in [-0.3, -0.25) is 4.79 Å². The summed E-state index contributed by atoms with van der Waals surface area (Å²) in [4.78, 5) is 12.4. The van der Waals surface area contributed by atoms with Crippen molar-refractivity contribution >= 4 is 34.1 Å². The number of aromatic nitrogens is 2. The Morgan fingerprint density at radius 3 is 2.35 bits per heavy atom. The van der Waals surface area contributed by atoms with E-state index in [1.165, 1.54) is 28.7 Å². The van der Waals surface area contributed by atoms with Crippen molar-refractivity contribution in [3.8, 4) is 0 Å². The first kappa shape index (κ1) is 20.7. The van der Waals surface area contributed by atoms with Gasteiger partial charge in [0.15, 0.2) is 4.34 Å². The number of hydrogen-bond donors (Lipinski definition) is 2. The molecule has 0 aliphatic carbocycles. The van der Waals surface area contributed by atoms with Crippen LogP contribution in [0.3, 0.4) is 0 Å². The van der Waals surface area contributed by atoms with Crippen LogP contribution in [0.5, 0.6) is 0 Å². The fourth-order valence-corrected chi connectivity index (χ4v) is 4.19. The van der Waals surface area contributed by atoms with Crippen LogP contribution < -0.4 is 10.6 Å². The Balaban J connectivity index is 1.94. The lowest BCUT2D eigenvalue weighted by Gasteiger charge is -2.23. The first-order valence-corrected chi connectivity index (χ1v) is 10.8. The lowest BCUT2D eigenvalue weighted by atomic mass is 9.93. The minimum atomic E-state index is 0.0102. The third-order valence-corrected chi connectivity index (χ3v) is 6.02. The minimum Gasteiger partial charge on any atom is -0.360 e. The zero-order valence-corrected chi connectivity index (χ0v) is 17.7. The summed E-state index contributed by atoms with van der Waals surface area (Å²) in [5.41, 5.74) is 2.46. The molecule has 2 aromatic rings. The molecule has 26 heavy (non-hydrogen) atoms. The van der Waals surface area contributed by atoms with Gasteiger partial charge in [-0.1, -0.05) is 75.1 Å². The smallest absolute Gasteiger partial charge is 0.230 e. The summed E-state index contributed by atoms with van der Waals surface area (Å²) in [6.07, 6.45) is 0. The number of anilines is 1. The molecule has 0 saturated heterocycles. The summed E-state index contributed by atoms with van der Waals surface area (Å²) in [6, 6.07) is 8.57. The highest BCUT2D eigenvalue weighted by Gasteiger charge is 2.19. The van der Waals surface area contributed by atoms with Crippen molar-refractivity contribution in [1.29, 1.82) is 0 Å². The largest absolute Gasteiger partial charge is 0.360 e. The van der Waals surface area contributed by atoms with Crippen LogP contribution in [0.4, 0.5) is 5.13 Å². The first-order valence-electron chi connectivity index (χ1n) is 9.00. The molecular weight excluding hydrogens is 364 g/mol. The molecule has 0 bridgehead atoms. The normalized spacial score (nSPS) is 12.4. The third-order valence-electron chi connectivity index (χ3n) is 4.01. The minimum absolute atomic E-state index is 0.0102. The monoisotopic (exact) mass is 392 g/mol. The van der Waals surface area contributed by atoms with Crippen molar-refractivity contribution in [2.75, 3.05) is 17.6 Å². The van der Waals surface area contributed by atoms with Crippen LogP contribution in [0.2, 0.25) is 0 Å². The Labute approximate surface area is 164 Å². The Kier molecular flexibility index (Phi) is 7.90. The molecule has 0 fully saturated rings. The van der Waals surface area contributed by atoms with E-state index < -0.39 is 0 Å². The van der Waals surface area contributed by atoms with Crippen molar-refractivity contribution in [1.82, 2.24) is 15.5 Å². The average Bonchev–Trinajstić information content (AvgIpc) is 3.05.